The fourth-order valence-electron chi connectivity index (χ4n) is 4.30. The van der Waals surface area contributed by atoms with E-state index in [2.05, 4.69) is 5.32 Å². The summed E-state index contributed by atoms with van der Waals surface area (Å²) in [4.78, 5) is 12.9. The average molecular weight is 576 g/mol. The number of nitrogens with one attached hydrogen (secondary N) is 1. The van der Waals surface area contributed by atoms with Crippen LogP contribution in [0.1, 0.15) is 25.7 Å². The van der Waals surface area contributed by atoms with Crippen LogP contribution in [-0.4, -0.2) is 53.8 Å². The Morgan fingerprint density at radius 1 is 0.872 bits per heavy atom. The van der Waals surface area contributed by atoms with Crippen molar-refractivity contribution in [2.45, 2.75) is 35.5 Å². The number of anilines is 2. The highest BCUT2D eigenvalue weighted by Crippen LogP contribution is 2.28. The van der Waals surface area contributed by atoms with E-state index in [1.165, 1.54) is 78.1 Å². The summed E-state index contributed by atoms with van der Waals surface area (Å²) in [6.45, 7) is 0.216. The Hall–Kier alpha value is -3.48. The molecule has 1 aliphatic rings. The summed E-state index contributed by atoms with van der Waals surface area (Å²) in [5, 5.41) is 2.58. The molecule has 0 atom stereocenters. The van der Waals surface area contributed by atoms with Crippen molar-refractivity contribution in [1.82, 2.24) is 4.31 Å². The van der Waals surface area contributed by atoms with Gasteiger partial charge < -0.3 is 10.1 Å². The van der Waals surface area contributed by atoms with Crippen LogP contribution in [0, 0.1) is 5.82 Å². The molecule has 1 aliphatic heterocycles. The molecule has 1 N–H and O–H groups in total. The maximum Gasteiger partial charge on any atom is 0.264 e. The summed E-state index contributed by atoms with van der Waals surface area (Å²) >= 11 is 0. The lowest BCUT2D eigenvalue weighted by Gasteiger charge is -2.24. The lowest BCUT2D eigenvalue weighted by molar-refractivity contribution is -0.114. The van der Waals surface area contributed by atoms with Crippen molar-refractivity contribution >= 4 is 37.3 Å². The number of amides is 1. The summed E-state index contributed by atoms with van der Waals surface area (Å²) in [6, 6.07) is 16.5. The maximum absolute atomic E-state index is 14.7. The van der Waals surface area contributed by atoms with Crippen LogP contribution in [-0.2, 0) is 24.8 Å². The van der Waals surface area contributed by atoms with Crippen LogP contribution in [0.5, 0.6) is 5.75 Å². The number of halogens is 1. The largest absolute Gasteiger partial charge is 0.497 e. The molecule has 1 heterocycles. The van der Waals surface area contributed by atoms with Gasteiger partial charge in [-0.25, -0.2) is 21.2 Å². The molecule has 0 saturated carbocycles. The van der Waals surface area contributed by atoms with E-state index in [0.29, 0.717) is 23.1 Å². The molecule has 208 valence electrons. The number of hydrogen-bond acceptors (Lipinski definition) is 6. The van der Waals surface area contributed by atoms with Gasteiger partial charge in [-0.1, -0.05) is 25.0 Å². The third kappa shape index (κ3) is 6.57. The monoisotopic (exact) mass is 575 g/mol. The third-order valence-electron chi connectivity index (χ3n) is 6.40. The lowest BCUT2D eigenvalue weighted by Crippen LogP contribution is -2.38. The van der Waals surface area contributed by atoms with Gasteiger partial charge in [-0.3, -0.25) is 9.10 Å². The molecule has 0 unspecified atom stereocenters. The Morgan fingerprint density at radius 3 is 2.05 bits per heavy atom. The predicted molar refractivity (Wildman–Crippen MR) is 146 cm³/mol. The number of carbonyl (C=O) groups excluding carboxylic acids is 1. The van der Waals surface area contributed by atoms with E-state index in [4.69, 9.17) is 4.74 Å². The molecule has 0 spiro atoms. The van der Waals surface area contributed by atoms with Crippen LogP contribution < -0.4 is 14.4 Å². The number of nitrogens with zero attached hydrogens (tertiary/aromatic N) is 2. The van der Waals surface area contributed by atoms with Crippen molar-refractivity contribution in [1.29, 1.82) is 0 Å². The minimum Gasteiger partial charge on any atom is -0.497 e. The highest BCUT2D eigenvalue weighted by Gasteiger charge is 2.30. The van der Waals surface area contributed by atoms with Gasteiger partial charge in [-0.05, 0) is 73.5 Å². The number of ether oxygens (including phenoxy) is 1. The van der Waals surface area contributed by atoms with E-state index in [1.807, 2.05) is 0 Å². The second kappa shape index (κ2) is 12.1. The number of sulfonamides is 2. The van der Waals surface area contributed by atoms with E-state index in [-0.39, 0.29) is 21.2 Å². The van der Waals surface area contributed by atoms with Crippen LogP contribution in [0.25, 0.3) is 0 Å². The first-order valence-electron chi connectivity index (χ1n) is 12.4. The molecule has 0 radical (unpaired) electrons. The molecule has 39 heavy (non-hydrogen) atoms. The van der Waals surface area contributed by atoms with Crippen LogP contribution in [0.15, 0.2) is 82.6 Å². The normalized spacial score (nSPS) is 14.8. The first kappa shape index (κ1) is 28.5. The Morgan fingerprint density at radius 2 is 1.46 bits per heavy atom. The molecule has 0 aliphatic carbocycles. The Balaban J connectivity index is 1.54. The minimum atomic E-state index is -4.34. The van der Waals surface area contributed by atoms with Crippen molar-refractivity contribution in [3.05, 3.63) is 78.6 Å². The van der Waals surface area contributed by atoms with Crippen molar-refractivity contribution in [2.75, 3.05) is 36.4 Å². The highest BCUT2D eigenvalue weighted by atomic mass is 32.2. The lowest BCUT2D eigenvalue weighted by atomic mass is 10.2. The van der Waals surface area contributed by atoms with E-state index in [9.17, 15) is 26.0 Å². The quantitative estimate of drug-likeness (QED) is 0.409. The van der Waals surface area contributed by atoms with Gasteiger partial charge in [0.2, 0.25) is 15.9 Å². The molecule has 0 aromatic heterocycles. The van der Waals surface area contributed by atoms with Gasteiger partial charge in [-0.15, -0.1) is 0 Å². The number of para-hydroxylation sites is 1. The van der Waals surface area contributed by atoms with E-state index >= 15 is 0 Å². The standard InChI is InChI=1S/C27H30FN3O6S2/c1-37-22-12-16-24(17-13-22)39(35,36)31(26-9-5-4-8-25(26)28)20-27(32)29-21-10-14-23(15-11-21)38(33,34)30-18-6-2-3-7-19-30/h4-5,8-17H,2-3,6-7,18-20H2,1H3,(H,29,32). The van der Waals surface area contributed by atoms with Gasteiger partial charge in [0.25, 0.3) is 10.0 Å². The number of methoxy groups -OCH3 is 1. The average Bonchev–Trinajstić information content (AvgIpc) is 3.23. The first-order valence-corrected chi connectivity index (χ1v) is 15.3. The zero-order chi connectivity index (χ0) is 28.0. The molecule has 0 bridgehead atoms. The van der Waals surface area contributed by atoms with Crippen LogP contribution >= 0.6 is 0 Å². The SMILES string of the molecule is COc1ccc(S(=O)(=O)N(CC(=O)Nc2ccc(S(=O)(=O)N3CCCCCC3)cc2)c2ccccc2F)cc1. The fourth-order valence-corrected chi connectivity index (χ4v) is 7.25. The molecule has 1 amide bonds. The van der Waals surface area contributed by atoms with Gasteiger partial charge in [0.1, 0.15) is 18.1 Å². The zero-order valence-electron chi connectivity index (χ0n) is 21.4. The molecule has 9 nitrogen and oxygen atoms in total. The van der Waals surface area contributed by atoms with Crippen molar-refractivity contribution in [3.63, 3.8) is 0 Å². The topological polar surface area (TPSA) is 113 Å². The van der Waals surface area contributed by atoms with E-state index < -0.39 is 38.3 Å². The highest BCUT2D eigenvalue weighted by molar-refractivity contribution is 7.92. The van der Waals surface area contributed by atoms with Gasteiger partial charge in [0.05, 0.1) is 22.6 Å². The number of benzene rings is 3. The minimum absolute atomic E-state index is 0.109. The summed E-state index contributed by atoms with van der Waals surface area (Å²) in [7, 11) is -6.56. The van der Waals surface area contributed by atoms with Gasteiger partial charge in [0.15, 0.2) is 0 Å². The summed E-state index contributed by atoms with van der Waals surface area (Å²) in [6.07, 6.45) is 3.61. The molecular weight excluding hydrogens is 545 g/mol. The summed E-state index contributed by atoms with van der Waals surface area (Å²) in [5.74, 6) is -1.12. The fraction of sp³-hybridized carbons (Fsp3) is 0.296. The second-order valence-electron chi connectivity index (χ2n) is 9.03. The Bertz CT molecular complexity index is 1500. The number of hydrogen-bond donors (Lipinski definition) is 1. The van der Waals surface area contributed by atoms with Crippen LogP contribution in [0.2, 0.25) is 0 Å². The summed E-state index contributed by atoms with van der Waals surface area (Å²) < 4.78 is 74.9. The van der Waals surface area contributed by atoms with Crippen LogP contribution in [0.4, 0.5) is 15.8 Å². The Labute approximate surface area is 228 Å². The summed E-state index contributed by atoms with van der Waals surface area (Å²) in [5.41, 5.74) is -0.0208. The van der Waals surface area contributed by atoms with Crippen molar-refractivity contribution in [3.8, 4) is 5.75 Å². The van der Waals surface area contributed by atoms with Gasteiger partial charge in [0, 0.05) is 18.8 Å². The molecule has 12 heteroatoms. The maximum atomic E-state index is 14.7. The van der Waals surface area contributed by atoms with Gasteiger partial charge in [-0.2, -0.15) is 4.31 Å². The zero-order valence-corrected chi connectivity index (χ0v) is 23.0. The van der Waals surface area contributed by atoms with E-state index in [1.54, 1.807) is 0 Å². The van der Waals surface area contributed by atoms with E-state index in [0.717, 1.165) is 31.7 Å². The molecule has 4 rings (SSSR count). The Kier molecular flexibility index (Phi) is 8.88. The smallest absolute Gasteiger partial charge is 0.264 e. The van der Waals surface area contributed by atoms with Crippen molar-refractivity contribution in [2.24, 2.45) is 0 Å². The first-order chi connectivity index (χ1) is 18.6. The molecule has 1 saturated heterocycles. The third-order valence-corrected chi connectivity index (χ3v) is 10.1. The van der Waals surface area contributed by atoms with Gasteiger partial charge >= 0.3 is 0 Å². The molecule has 1 fully saturated rings. The number of carbonyl (C=O) groups is 1. The molecular formula is C27H30FN3O6S2. The number of rotatable bonds is 9. The predicted octanol–water partition coefficient (Wildman–Crippen LogP) is 4.23. The molecule has 3 aromatic carbocycles. The van der Waals surface area contributed by atoms with Crippen LogP contribution in [0.3, 0.4) is 0 Å². The van der Waals surface area contributed by atoms with Crippen molar-refractivity contribution < 1.29 is 30.8 Å². The molecule has 3 aromatic rings. The second-order valence-corrected chi connectivity index (χ2v) is 12.8.